The molecule has 1 fully saturated rings. The molecule has 2 nitrogen and oxygen atoms in total. The van der Waals surface area contributed by atoms with Gasteiger partial charge in [0.05, 0.1) is 10.7 Å². The number of thiazole rings is 1. The molecule has 1 aliphatic rings. The summed E-state index contributed by atoms with van der Waals surface area (Å²) in [5.41, 5.74) is 1.29. The van der Waals surface area contributed by atoms with Gasteiger partial charge in [0.1, 0.15) is 0 Å². The largest absolute Gasteiger partial charge is 0.320 e. The van der Waals surface area contributed by atoms with Crippen LogP contribution in [0.3, 0.4) is 0 Å². The van der Waals surface area contributed by atoms with Gasteiger partial charge in [-0.2, -0.15) is 11.8 Å². The Balaban J connectivity index is 1.77. The molecule has 90 valence electrons. The quantitative estimate of drug-likeness (QED) is 0.792. The van der Waals surface area contributed by atoms with Gasteiger partial charge in [-0.3, -0.25) is 0 Å². The summed E-state index contributed by atoms with van der Waals surface area (Å²) in [7, 11) is 2.00. The maximum atomic E-state index is 4.73. The smallest absolute Gasteiger partial charge is 0.0931 e. The van der Waals surface area contributed by atoms with Crippen molar-refractivity contribution in [3.8, 4) is 0 Å². The van der Waals surface area contributed by atoms with Crippen molar-refractivity contribution in [2.45, 2.75) is 25.7 Å². The van der Waals surface area contributed by atoms with E-state index in [4.69, 9.17) is 4.98 Å². The number of rotatable bonds is 6. The van der Waals surface area contributed by atoms with E-state index in [0.29, 0.717) is 0 Å². The van der Waals surface area contributed by atoms with Crippen LogP contribution in [-0.2, 0) is 12.8 Å². The maximum absolute atomic E-state index is 4.73. The van der Waals surface area contributed by atoms with Crippen molar-refractivity contribution in [1.82, 2.24) is 10.3 Å². The van der Waals surface area contributed by atoms with E-state index in [1.165, 1.54) is 41.5 Å². The summed E-state index contributed by atoms with van der Waals surface area (Å²) >= 11 is 3.95. The standard InChI is InChI=1S/C12H20N2S2/c1-13-5-2-3-11-9-16-12(14-11)7-10-4-6-15-8-10/h9-10,13H,2-8H2,1H3. The summed E-state index contributed by atoms with van der Waals surface area (Å²) < 4.78 is 0. The van der Waals surface area contributed by atoms with Gasteiger partial charge in [-0.1, -0.05) is 0 Å². The fourth-order valence-electron chi connectivity index (χ4n) is 2.00. The third-order valence-electron chi connectivity index (χ3n) is 2.95. The van der Waals surface area contributed by atoms with Crippen molar-refractivity contribution in [2.75, 3.05) is 25.1 Å². The topological polar surface area (TPSA) is 24.9 Å². The van der Waals surface area contributed by atoms with Gasteiger partial charge < -0.3 is 5.32 Å². The average Bonchev–Trinajstić information content (AvgIpc) is 2.91. The minimum absolute atomic E-state index is 0.890. The molecule has 2 heterocycles. The van der Waals surface area contributed by atoms with Crippen LogP contribution in [0.15, 0.2) is 5.38 Å². The second kappa shape index (κ2) is 6.62. The van der Waals surface area contributed by atoms with Crippen LogP contribution in [0.4, 0.5) is 0 Å². The van der Waals surface area contributed by atoms with Gasteiger partial charge in [-0.25, -0.2) is 4.98 Å². The van der Waals surface area contributed by atoms with Crippen LogP contribution in [0.25, 0.3) is 0 Å². The van der Waals surface area contributed by atoms with Crippen LogP contribution in [-0.4, -0.2) is 30.1 Å². The van der Waals surface area contributed by atoms with Gasteiger partial charge in [0.25, 0.3) is 0 Å². The highest BCUT2D eigenvalue weighted by atomic mass is 32.2. The Labute approximate surface area is 106 Å². The van der Waals surface area contributed by atoms with Crippen molar-refractivity contribution < 1.29 is 0 Å². The van der Waals surface area contributed by atoms with E-state index in [9.17, 15) is 0 Å². The summed E-state index contributed by atoms with van der Waals surface area (Å²) in [5, 5.41) is 6.77. The highest BCUT2D eigenvalue weighted by Crippen LogP contribution is 2.27. The zero-order valence-corrected chi connectivity index (χ0v) is 11.5. The summed E-state index contributed by atoms with van der Waals surface area (Å²) in [6.45, 7) is 1.09. The minimum atomic E-state index is 0.890. The molecule has 0 amide bonds. The Morgan fingerprint density at radius 1 is 1.56 bits per heavy atom. The first-order valence-corrected chi connectivity index (χ1v) is 8.07. The monoisotopic (exact) mass is 256 g/mol. The molecule has 0 aromatic carbocycles. The van der Waals surface area contributed by atoms with Gasteiger partial charge in [-0.15, -0.1) is 11.3 Å². The normalized spacial score (nSPS) is 20.4. The second-order valence-corrected chi connectivity index (χ2v) is 6.47. The molecule has 0 spiro atoms. The van der Waals surface area contributed by atoms with Crippen LogP contribution in [0, 0.1) is 5.92 Å². The Kier molecular flexibility index (Phi) is 5.13. The number of nitrogens with zero attached hydrogens (tertiary/aromatic N) is 1. The average molecular weight is 256 g/mol. The van der Waals surface area contributed by atoms with Crippen LogP contribution >= 0.6 is 23.1 Å². The molecule has 16 heavy (non-hydrogen) atoms. The number of nitrogens with one attached hydrogen (secondary N) is 1. The van der Waals surface area contributed by atoms with Crippen molar-refractivity contribution >= 4 is 23.1 Å². The third-order valence-corrected chi connectivity index (χ3v) is 5.10. The first kappa shape index (κ1) is 12.4. The van der Waals surface area contributed by atoms with Gasteiger partial charge in [0, 0.05) is 11.8 Å². The van der Waals surface area contributed by atoms with Crippen LogP contribution in [0.5, 0.6) is 0 Å². The number of thioether (sulfide) groups is 1. The van der Waals surface area contributed by atoms with E-state index in [-0.39, 0.29) is 0 Å². The number of hydrogen-bond donors (Lipinski definition) is 1. The van der Waals surface area contributed by atoms with Crippen LogP contribution < -0.4 is 5.32 Å². The Bertz CT molecular complexity index is 306. The van der Waals surface area contributed by atoms with Gasteiger partial charge in [0.15, 0.2) is 0 Å². The predicted molar refractivity (Wildman–Crippen MR) is 73.5 cm³/mol. The molecule has 1 N–H and O–H groups in total. The molecule has 0 saturated carbocycles. The van der Waals surface area contributed by atoms with Gasteiger partial charge in [-0.05, 0) is 50.3 Å². The molecule has 2 rings (SSSR count). The molecule has 1 unspecified atom stereocenters. The highest BCUT2D eigenvalue weighted by molar-refractivity contribution is 7.99. The first-order valence-electron chi connectivity index (χ1n) is 6.04. The molecule has 0 bridgehead atoms. The van der Waals surface area contributed by atoms with E-state index in [1.54, 1.807) is 0 Å². The lowest BCUT2D eigenvalue weighted by molar-refractivity contribution is 0.592. The SMILES string of the molecule is CNCCCc1csc(CC2CCSC2)n1. The highest BCUT2D eigenvalue weighted by Gasteiger charge is 2.17. The van der Waals surface area contributed by atoms with E-state index in [0.717, 1.165) is 18.9 Å². The van der Waals surface area contributed by atoms with Gasteiger partial charge >= 0.3 is 0 Å². The van der Waals surface area contributed by atoms with Gasteiger partial charge in [0.2, 0.25) is 0 Å². The number of aromatic nitrogens is 1. The lowest BCUT2D eigenvalue weighted by Gasteiger charge is -2.03. The molecule has 1 saturated heterocycles. The molecule has 0 radical (unpaired) electrons. The maximum Gasteiger partial charge on any atom is 0.0931 e. The predicted octanol–water partition coefficient (Wildman–Crippen LogP) is 2.59. The Morgan fingerprint density at radius 3 is 3.25 bits per heavy atom. The molecule has 1 aromatic heterocycles. The summed E-state index contributed by atoms with van der Waals surface area (Å²) in [6, 6.07) is 0. The molecule has 1 aliphatic heterocycles. The van der Waals surface area contributed by atoms with E-state index in [2.05, 4.69) is 22.5 Å². The zero-order chi connectivity index (χ0) is 11.2. The van der Waals surface area contributed by atoms with Crippen LogP contribution in [0.2, 0.25) is 0 Å². The lowest BCUT2D eigenvalue weighted by atomic mass is 10.1. The lowest BCUT2D eigenvalue weighted by Crippen LogP contribution is -2.08. The first-order chi connectivity index (χ1) is 7.88. The fraction of sp³-hybridized carbons (Fsp3) is 0.750. The van der Waals surface area contributed by atoms with E-state index in [1.807, 2.05) is 18.4 Å². The molecule has 1 aromatic rings. The fourth-order valence-corrected chi connectivity index (χ4v) is 4.22. The Hall–Kier alpha value is -0.0600. The Morgan fingerprint density at radius 2 is 2.50 bits per heavy atom. The molecular formula is C12H20N2S2. The van der Waals surface area contributed by atoms with Crippen molar-refractivity contribution in [3.05, 3.63) is 16.1 Å². The third kappa shape index (κ3) is 3.75. The van der Waals surface area contributed by atoms with E-state index >= 15 is 0 Å². The molecule has 1 atom stereocenters. The van der Waals surface area contributed by atoms with Crippen molar-refractivity contribution in [2.24, 2.45) is 5.92 Å². The summed E-state index contributed by atoms with van der Waals surface area (Å²) in [4.78, 5) is 4.73. The molecule has 0 aliphatic carbocycles. The number of aryl methyl sites for hydroxylation is 1. The van der Waals surface area contributed by atoms with Crippen LogP contribution in [0.1, 0.15) is 23.5 Å². The summed E-state index contributed by atoms with van der Waals surface area (Å²) in [5.74, 6) is 3.58. The van der Waals surface area contributed by atoms with Crippen molar-refractivity contribution in [3.63, 3.8) is 0 Å². The number of hydrogen-bond acceptors (Lipinski definition) is 4. The summed E-state index contributed by atoms with van der Waals surface area (Å²) in [6.07, 6.45) is 4.92. The molecular weight excluding hydrogens is 236 g/mol. The minimum Gasteiger partial charge on any atom is -0.320 e. The zero-order valence-electron chi connectivity index (χ0n) is 9.87. The second-order valence-electron chi connectivity index (χ2n) is 4.37. The van der Waals surface area contributed by atoms with Crippen molar-refractivity contribution in [1.29, 1.82) is 0 Å². The van der Waals surface area contributed by atoms with E-state index < -0.39 is 0 Å². The molecule has 4 heteroatoms.